The second kappa shape index (κ2) is 4.78. The van der Waals surface area contributed by atoms with Gasteiger partial charge in [0.15, 0.2) is 0 Å². The van der Waals surface area contributed by atoms with Gasteiger partial charge in [-0.05, 0) is 24.7 Å². The van der Waals surface area contributed by atoms with E-state index in [2.05, 4.69) is 19.2 Å². The van der Waals surface area contributed by atoms with Crippen LogP contribution in [0.3, 0.4) is 0 Å². The summed E-state index contributed by atoms with van der Waals surface area (Å²) in [5.74, 6) is -0.887. The van der Waals surface area contributed by atoms with Gasteiger partial charge in [-0.15, -0.1) is 0 Å². The number of carbonyl (C=O) groups is 2. The SMILES string of the molecule is CC1(C)CC1NC(=O)N1CCCCCC1C(=O)O. The molecule has 1 aliphatic heterocycles. The molecule has 5 heteroatoms. The predicted octanol–water partition coefficient (Wildman–Crippen LogP) is 1.82. The first-order valence-corrected chi connectivity index (χ1v) is 6.72. The number of aliphatic carboxylic acids is 1. The number of hydrogen-bond donors (Lipinski definition) is 2. The van der Waals surface area contributed by atoms with E-state index in [-0.39, 0.29) is 17.5 Å². The number of urea groups is 1. The lowest BCUT2D eigenvalue weighted by atomic mass is 10.1. The molecule has 2 amide bonds. The van der Waals surface area contributed by atoms with Crippen molar-refractivity contribution in [1.82, 2.24) is 10.2 Å². The van der Waals surface area contributed by atoms with E-state index < -0.39 is 12.0 Å². The summed E-state index contributed by atoms with van der Waals surface area (Å²) >= 11 is 0. The van der Waals surface area contributed by atoms with Crippen molar-refractivity contribution in [2.24, 2.45) is 5.41 Å². The van der Waals surface area contributed by atoms with Crippen LogP contribution < -0.4 is 5.32 Å². The lowest BCUT2D eigenvalue weighted by Crippen LogP contribution is -2.50. The summed E-state index contributed by atoms with van der Waals surface area (Å²) in [5.41, 5.74) is 0.167. The Kier molecular flexibility index (Phi) is 3.50. The minimum absolute atomic E-state index is 0.167. The molecule has 0 aromatic heterocycles. The maximum absolute atomic E-state index is 12.2. The molecule has 0 bridgehead atoms. The van der Waals surface area contributed by atoms with Crippen molar-refractivity contribution in [3.63, 3.8) is 0 Å². The van der Waals surface area contributed by atoms with E-state index in [0.29, 0.717) is 13.0 Å². The van der Waals surface area contributed by atoms with Gasteiger partial charge in [0.05, 0.1) is 0 Å². The molecular weight excluding hydrogens is 232 g/mol. The van der Waals surface area contributed by atoms with Gasteiger partial charge in [-0.25, -0.2) is 9.59 Å². The Morgan fingerprint density at radius 1 is 1.28 bits per heavy atom. The predicted molar refractivity (Wildman–Crippen MR) is 67.3 cm³/mol. The number of nitrogens with one attached hydrogen (secondary N) is 1. The largest absolute Gasteiger partial charge is 0.480 e. The molecule has 0 aromatic carbocycles. The van der Waals surface area contributed by atoms with E-state index in [4.69, 9.17) is 0 Å². The number of likely N-dealkylation sites (tertiary alicyclic amines) is 1. The van der Waals surface area contributed by atoms with Crippen molar-refractivity contribution in [3.05, 3.63) is 0 Å². The average molecular weight is 254 g/mol. The van der Waals surface area contributed by atoms with Gasteiger partial charge in [-0.3, -0.25) is 0 Å². The van der Waals surface area contributed by atoms with Crippen LogP contribution >= 0.6 is 0 Å². The van der Waals surface area contributed by atoms with Crippen LogP contribution in [-0.2, 0) is 4.79 Å². The lowest BCUT2D eigenvalue weighted by molar-refractivity contribution is -0.142. The standard InChI is InChI=1S/C13H22N2O3/c1-13(2)8-10(13)14-12(18)15-7-5-3-4-6-9(15)11(16)17/h9-10H,3-8H2,1-2H3,(H,14,18)(H,16,17). The molecule has 1 aliphatic carbocycles. The summed E-state index contributed by atoms with van der Waals surface area (Å²) in [5, 5.41) is 12.2. The van der Waals surface area contributed by atoms with Gasteiger partial charge in [-0.2, -0.15) is 0 Å². The molecule has 2 rings (SSSR count). The maximum atomic E-state index is 12.2. The van der Waals surface area contributed by atoms with Gasteiger partial charge in [0.1, 0.15) is 6.04 Å². The highest BCUT2D eigenvalue weighted by atomic mass is 16.4. The third-order valence-electron chi connectivity index (χ3n) is 4.11. The Morgan fingerprint density at radius 3 is 2.50 bits per heavy atom. The van der Waals surface area contributed by atoms with Crippen molar-refractivity contribution in [2.45, 2.75) is 58.0 Å². The summed E-state index contributed by atoms with van der Waals surface area (Å²) < 4.78 is 0. The number of hydrogen-bond acceptors (Lipinski definition) is 2. The van der Waals surface area contributed by atoms with E-state index >= 15 is 0 Å². The molecule has 0 aromatic rings. The Morgan fingerprint density at radius 2 is 1.94 bits per heavy atom. The molecule has 2 aliphatic rings. The summed E-state index contributed by atoms with van der Waals surface area (Å²) in [7, 11) is 0. The summed E-state index contributed by atoms with van der Waals surface area (Å²) in [6, 6.07) is -0.670. The highest BCUT2D eigenvalue weighted by Crippen LogP contribution is 2.44. The molecule has 0 spiro atoms. The number of amides is 2. The van der Waals surface area contributed by atoms with Gasteiger partial charge < -0.3 is 15.3 Å². The van der Waals surface area contributed by atoms with Gasteiger partial charge in [0, 0.05) is 12.6 Å². The van der Waals surface area contributed by atoms with E-state index in [1.54, 1.807) is 0 Å². The number of carboxylic acids is 1. The first-order valence-electron chi connectivity index (χ1n) is 6.72. The quantitative estimate of drug-likeness (QED) is 0.789. The molecule has 2 fully saturated rings. The van der Waals surface area contributed by atoms with E-state index in [0.717, 1.165) is 25.7 Å². The minimum atomic E-state index is -0.887. The van der Waals surface area contributed by atoms with Crippen LogP contribution in [0, 0.1) is 5.41 Å². The first kappa shape index (κ1) is 13.2. The molecule has 1 heterocycles. The van der Waals surface area contributed by atoms with Crippen LogP contribution in [-0.4, -0.2) is 40.6 Å². The minimum Gasteiger partial charge on any atom is -0.480 e. The van der Waals surface area contributed by atoms with Crippen molar-refractivity contribution < 1.29 is 14.7 Å². The van der Waals surface area contributed by atoms with Crippen LogP contribution in [0.1, 0.15) is 46.0 Å². The Bertz CT molecular complexity index is 354. The van der Waals surface area contributed by atoms with Crippen LogP contribution in [0.2, 0.25) is 0 Å². The molecule has 5 nitrogen and oxygen atoms in total. The fraction of sp³-hybridized carbons (Fsp3) is 0.846. The monoisotopic (exact) mass is 254 g/mol. The smallest absolute Gasteiger partial charge is 0.326 e. The molecule has 102 valence electrons. The van der Waals surface area contributed by atoms with Crippen molar-refractivity contribution >= 4 is 12.0 Å². The molecule has 2 atom stereocenters. The van der Waals surface area contributed by atoms with E-state index in [1.165, 1.54) is 4.90 Å². The second-order valence-electron chi connectivity index (χ2n) is 6.09. The molecular formula is C13H22N2O3. The van der Waals surface area contributed by atoms with Gasteiger partial charge in [-0.1, -0.05) is 26.7 Å². The summed E-state index contributed by atoms with van der Waals surface area (Å²) in [4.78, 5) is 24.9. The van der Waals surface area contributed by atoms with Gasteiger partial charge in [0.2, 0.25) is 0 Å². The molecule has 18 heavy (non-hydrogen) atoms. The second-order valence-corrected chi connectivity index (χ2v) is 6.09. The highest BCUT2D eigenvalue weighted by molar-refractivity contribution is 5.83. The Hall–Kier alpha value is -1.26. The highest BCUT2D eigenvalue weighted by Gasteiger charge is 2.47. The maximum Gasteiger partial charge on any atom is 0.326 e. The summed E-state index contributed by atoms with van der Waals surface area (Å²) in [6.07, 6.45) is 4.32. The first-order chi connectivity index (χ1) is 8.42. The zero-order chi connectivity index (χ0) is 13.3. The number of carboxylic acid groups (broad SMARTS) is 1. The summed E-state index contributed by atoms with van der Waals surface area (Å²) in [6.45, 7) is 4.76. The zero-order valence-electron chi connectivity index (χ0n) is 11.1. The molecule has 0 radical (unpaired) electrons. The molecule has 1 saturated carbocycles. The average Bonchev–Trinajstić information content (AvgIpc) is 2.94. The Labute approximate surface area is 108 Å². The number of rotatable bonds is 2. The fourth-order valence-corrected chi connectivity index (χ4v) is 2.55. The van der Waals surface area contributed by atoms with Crippen LogP contribution in [0.4, 0.5) is 4.79 Å². The van der Waals surface area contributed by atoms with Crippen LogP contribution in [0.15, 0.2) is 0 Å². The van der Waals surface area contributed by atoms with E-state index in [9.17, 15) is 14.7 Å². The third kappa shape index (κ3) is 2.76. The van der Waals surface area contributed by atoms with Crippen molar-refractivity contribution in [2.75, 3.05) is 6.54 Å². The van der Waals surface area contributed by atoms with Crippen LogP contribution in [0.5, 0.6) is 0 Å². The molecule has 1 saturated heterocycles. The van der Waals surface area contributed by atoms with Crippen molar-refractivity contribution in [1.29, 1.82) is 0 Å². The normalized spacial score (nSPS) is 30.4. The molecule has 2 N–H and O–H groups in total. The van der Waals surface area contributed by atoms with E-state index in [1.807, 2.05) is 0 Å². The van der Waals surface area contributed by atoms with Crippen LogP contribution in [0.25, 0.3) is 0 Å². The van der Waals surface area contributed by atoms with Crippen molar-refractivity contribution in [3.8, 4) is 0 Å². The Balaban J connectivity index is 1.99. The zero-order valence-corrected chi connectivity index (χ0v) is 11.1. The number of nitrogens with zero attached hydrogens (tertiary/aromatic N) is 1. The lowest BCUT2D eigenvalue weighted by Gasteiger charge is -2.27. The van der Waals surface area contributed by atoms with Gasteiger partial charge >= 0.3 is 12.0 Å². The third-order valence-corrected chi connectivity index (χ3v) is 4.11. The topological polar surface area (TPSA) is 69.6 Å². The number of carbonyl (C=O) groups excluding carboxylic acids is 1. The fourth-order valence-electron chi connectivity index (χ4n) is 2.55. The molecule has 2 unspecified atom stereocenters. The van der Waals surface area contributed by atoms with Gasteiger partial charge in [0.25, 0.3) is 0 Å².